The Kier molecular flexibility index (Phi) is 6.16. The molecule has 0 saturated carbocycles. The minimum Gasteiger partial charge on any atom is -0.356 e. The van der Waals surface area contributed by atoms with Crippen molar-refractivity contribution in [1.29, 1.82) is 0 Å². The predicted octanol–water partition coefficient (Wildman–Crippen LogP) is 5.63. The van der Waals surface area contributed by atoms with Crippen molar-refractivity contribution < 1.29 is 14.3 Å². The van der Waals surface area contributed by atoms with Crippen LogP contribution in [0.3, 0.4) is 0 Å². The van der Waals surface area contributed by atoms with E-state index in [9.17, 15) is 9.59 Å². The molecule has 1 spiro atoms. The number of hydrogen-bond donors (Lipinski definition) is 1. The summed E-state index contributed by atoms with van der Waals surface area (Å²) >= 11 is 6.53. The Morgan fingerprint density at radius 2 is 1.73 bits per heavy atom. The van der Waals surface area contributed by atoms with Crippen molar-refractivity contribution >= 4 is 34.7 Å². The average molecular weight is 568 g/mol. The first-order chi connectivity index (χ1) is 19.8. The zero-order chi connectivity index (χ0) is 28.4. The third-order valence-corrected chi connectivity index (χ3v) is 10.1. The zero-order valence-corrected chi connectivity index (χ0v) is 24.2. The highest BCUT2D eigenvalue weighted by atomic mass is 35.5. The van der Waals surface area contributed by atoms with Gasteiger partial charge in [0.05, 0.1) is 17.7 Å². The van der Waals surface area contributed by atoms with Crippen molar-refractivity contribution in [2.45, 2.75) is 63.1 Å². The standard InChI is InChI=1S/C34H34ClN3O3/c1-32(2)29-17-34(21-39)31(40)36-33(29,20-37(34)18-23-9-5-3-6-10-23)16-27-26-14-13-25(35)15-28(26)38(30(27)32)22-41-19-24-11-7-4-8-12-24/h3-15,21,29H,16-20,22H2,1-2H3,(H,36,40)/t29-,33+,34+/m0/s1. The number of nitrogens with zero attached hydrogens (tertiary/aromatic N) is 2. The van der Waals surface area contributed by atoms with Gasteiger partial charge in [0, 0.05) is 34.6 Å². The van der Waals surface area contributed by atoms with Crippen molar-refractivity contribution in [2.24, 2.45) is 5.92 Å². The summed E-state index contributed by atoms with van der Waals surface area (Å²) in [6, 6.07) is 26.3. The molecular weight excluding hydrogens is 534 g/mol. The molecule has 1 amide bonds. The highest BCUT2D eigenvalue weighted by molar-refractivity contribution is 6.31. The van der Waals surface area contributed by atoms with Gasteiger partial charge >= 0.3 is 0 Å². The first-order valence-electron chi connectivity index (χ1n) is 14.3. The normalized spacial score (nSPS) is 26.4. The van der Waals surface area contributed by atoms with Crippen LogP contribution in [0.5, 0.6) is 0 Å². The van der Waals surface area contributed by atoms with E-state index in [-0.39, 0.29) is 17.2 Å². The van der Waals surface area contributed by atoms with Gasteiger partial charge in [0.2, 0.25) is 5.91 Å². The minimum atomic E-state index is -1.19. The van der Waals surface area contributed by atoms with Crippen LogP contribution >= 0.6 is 11.6 Å². The summed E-state index contributed by atoms with van der Waals surface area (Å²) in [5, 5.41) is 5.22. The van der Waals surface area contributed by atoms with Crippen molar-refractivity contribution in [3.05, 3.63) is 106 Å². The number of carbonyl (C=O) groups excluding carboxylic acids is 2. The monoisotopic (exact) mass is 567 g/mol. The number of rotatable bonds is 7. The van der Waals surface area contributed by atoms with E-state index in [2.05, 4.69) is 59.0 Å². The Balaban J connectivity index is 1.32. The van der Waals surface area contributed by atoms with Crippen LogP contribution in [0, 0.1) is 5.92 Å². The molecule has 6 nitrogen and oxygen atoms in total. The molecule has 0 unspecified atom stereocenters. The number of carbonyl (C=O) groups is 2. The summed E-state index contributed by atoms with van der Waals surface area (Å²) in [4.78, 5) is 28.7. The van der Waals surface area contributed by atoms with Gasteiger partial charge in [-0.2, -0.15) is 0 Å². The second-order valence-electron chi connectivity index (χ2n) is 12.5. The molecule has 3 aliphatic heterocycles. The fourth-order valence-electron chi connectivity index (χ4n) is 8.02. The van der Waals surface area contributed by atoms with Gasteiger partial charge in [-0.3, -0.25) is 9.69 Å². The molecule has 0 radical (unpaired) electrons. The molecule has 3 atom stereocenters. The number of nitrogens with one attached hydrogen (secondary N) is 1. The number of amides is 1. The Bertz CT molecular complexity index is 1650. The highest BCUT2D eigenvalue weighted by Gasteiger charge is 2.68. The maximum atomic E-state index is 13.7. The second-order valence-corrected chi connectivity index (χ2v) is 13.0. The fourth-order valence-corrected chi connectivity index (χ4v) is 8.19. The van der Waals surface area contributed by atoms with Crippen LogP contribution in [-0.2, 0) is 46.0 Å². The van der Waals surface area contributed by atoms with Gasteiger partial charge in [-0.05, 0) is 47.6 Å². The molecule has 4 heterocycles. The van der Waals surface area contributed by atoms with Crippen LogP contribution in [0.25, 0.3) is 10.9 Å². The van der Waals surface area contributed by atoms with Gasteiger partial charge in [-0.15, -0.1) is 0 Å². The lowest BCUT2D eigenvalue weighted by molar-refractivity contribution is -0.169. The van der Waals surface area contributed by atoms with Gasteiger partial charge in [0.15, 0.2) is 5.54 Å². The number of piperidine rings is 2. The van der Waals surface area contributed by atoms with Crippen molar-refractivity contribution in [1.82, 2.24) is 14.8 Å². The minimum absolute atomic E-state index is 0.0603. The van der Waals surface area contributed by atoms with E-state index >= 15 is 0 Å². The van der Waals surface area contributed by atoms with Crippen molar-refractivity contribution in [3.8, 4) is 0 Å². The van der Waals surface area contributed by atoms with Gasteiger partial charge in [0.25, 0.3) is 0 Å². The third kappa shape index (κ3) is 3.99. The molecule has 8 rings (SSSR count). The molecule has 4 aliphatic rings. The van der Waals surface area contributed by atoms with E-state index in [0.29, 0.717) is 44.3 Å². The van der Waals surface area contributed by atoms with Gasteiger partial charge in [-0.25, -0.2) is 0 Å². The van der Waals surface area contributed by atoms with Gasteiger partial charge < -0.3 is 19.4 Å². The highest BCUT2D eigenvalue weighted by Crippen LogP contribution is 2.57. The fraction of sp³-hybridized carbons (Fsp3) is 0.353. The second kappa shape index (κ2) is 9.55. The van der Waals surface area contributed by atoms with E-state index in [1.54, 1.807) is 0 Å². The van der Waals surface area contributed by atoms with E-state index in [1.165, 1.54) is 11.3 Å². The molecule has 3 saturated heterocycles. The number of ether oxygens (including phenoxy) is 1. The molecular formula is C34H34ClN3O3. The molecule has 3 fully saturated rings. The summed E-state index contributed by atoms with van der Waals surface area (Å²) in [7, 11) is 0. The Morgan fingerprint density at radius 3 is 2.44 bits per heavy atom. The largest absolute Gasteiger partial charge is 0.356 e. The Labute approximate surface area is 245 Å². The predicted molar refractivity (Wildman–Crippen MR) is 160 cm³/mol. The lowest BCUT2D eigenvalue weighted by Crippen LogP contribution is -2.84. The van der Waals surface area contributed by atoms with Gasteiger partial charge in [0.1, 0.15) is 13.0 Å². The number of fused-ring (bicyclic) bond motifs is 5. The van der Waals surface area contributed by atoms with Crippen molar-refractivity contribution in [2.75, 3.05) is 6.54 Å². The Hall–Kier alpha value is -3.45. The molecule has 2 bridgehead atoms. The van der Waals surface area contributed by atoms with E-state index < -0.39 is 11.1 Å². The summed E-state index contributed by atoms with van der Waals surface area (Å²) < 4.78 is 8.56. The average Bonchev–Trinajstić information content (AvgIpc) is 3.26. The first kappa shape index (κ1) is 26.4. The summed E-state index contributed by atoms with van der Waals surface area (Å²) in [6.07, 6.45) is 2.05. The molecule has 4 aromatic rings. The lowest BCUT2D eigenvalue weighted by atomic mass is 9.51. The van der Waals surface area contributed by atoms with Crippen molar-refractivity contribution in [3.63, 3.8) is 0 Å². The number of aromatic nitrogens is 1. The van der Waals surface area contributed by atoms with Gasteiger partial charge in [-0.1, -0.05) is 92.2 Å². The van der Waals surface area contributed by atoms with Crippen LogP contribution in [0.15, 0.2) is 78.9 Å². The van der Waals surface area contributed by atoms with Crippen LogP contribution in [0.2, 0.25) is 5.02 Å². The van der Waals surface area contributed by atoms with Crippen LogP contribution < -0.4 is 5.32 Å². The maximum absolute atomic E-state index is 13.7. The quantitative estimate of drug-likeness (QED) is 0.232. The number of piperazine rings is 1. The summed E-state index contributed by atoms with van der Waals surface area (Å²) in [5.41, 5.74) is 3.64. The SMILES string of the molecule is CC1(C)c2c(c3ccc(Cl)cc3n2COCc2ccccc2)C[C@@]23CN(Cc4ccccc4)[C@@](C=O)(C[C@@H]12)C(=O)N3. The summed E-state index contributed by atoms with van der Waals surface area (Å²) in [5.74, 6) is -0.117. The molecule has 1 N–H and O–H groups in total. The van der Waals surface area contributed by atoms with Crippen LogP contribution in [0.4, 0.5) is 0 Å². The summed E-state index contributed by atoms with van der Waals surface area (Å²) in [6.45, 7) is 6.58. The number of benzene rings is 3. The van der Waals surface area contributed by atoms with E-state index in [4.69, 9.17) is 16.3 Å². The molecule has 1 aromatic heterocycles. The smallest absolute Gasteiger partial charge is 0.248 e. The third-order valence-electron chi connectivity index (χ3n) is 9.82. The van der Waals surface area contributed by atoms with E-state index in [1.807, 2.05) is 48.5 Å². The maximum Gasteiger partial charge on any atom is 0.248 e. The van der Waals surface area contributed by atoms with Crippen LogP contribution in [-0.4, -0.2) is 39.3 Å². The molecule has 3 aromatic carbocycles. The molecule has 1 aliphatic carbocycles. The first-order valence-corrected chi connectivity index (χ1v) is 14.7. The number of hydrogen-bond acceptors (Lipinski definition) is 4. The number of halogens is 1. The van der Waals surface area contributed by atoms with Crippen LogP contribution in [0.1, 0.15) is 42.7 Å². The zero-order valence-electron chi connectivity index (χ0n) is 23.4. The lowest BCUT2D eigenvalue weighted by Gasteiger charge is -2.65. The number of aldehydes is 1. The topological polar surface area (TPSA) is 63.6 Å². The molecule has 7 heteroatoms. The molecule has 41 heavy (non-hydrogen) atoms. The molecule has 210 valence electrons. The Morgan fingerprint density at radius 1 is 1.02 bits per heavy atom. The van der Waals surface area contributed by atoms with E-state index in [0.717, 1.165) is 28.3 Å².